The molecule has 2 heteroatoms. The number of hydrogen-bond donors (Lipinski definition) is 1. The molecule has 0 saturated heterocycles. The van der Waals surface area contributed by atoms with Gasteiger partial charge in [0.2, 0.25) is 0 Å². The van der Waals surface area contributed by atoms with Crippen molar-refractivity contribution in [1.29, 1.82) is 0 Å². The first-order chi connectivity index (χ1) is 9.69. The van der Waals surface area contributed by atoms with Crippen molar-refractivity contribution in [2.75, 3.05) is 7.11 Å². The van der Waals surface area contributed by atoms with Crippen LogP contribution < -0.4 is 10.5 Å². The summed E-state index contributed by atoms with van der Waals surface area (Å²) in [6.07, 6.45) is 3.67. The molecule has 0 radical (unpaired) electrons. The number of benzene rings is 2. The number of nitrogens with two attached hydrogens (primary N) is 1. The summed E-state index contributed by atoms with van der Waals surface area (Å²) in [5, 5.41) is 0. The predicted octanol–water partition coefficient (Wildman–Crippen LogP) is 3.54. The Hall–Kier alpha value is -1.80. The second-order valence-electron chi connectivity index (χ2n) is 5.59. The van der Waals surface area contributed by atoms with Gasteiger partial charge in [0, 0.05) is 0 Å². The fraction of sp³-hybridized carbons (Fsp3) is 0.333. The van der Waals surface area contributed by atoms with Crippen molar-refractivity contribution in [3.05, 3.63) is 64.2 Å². The Labute approximate surface area is 120 Å². The first-order valence-electron chi connectivity index (χ1n) is 7.21. The van der Waals surface area contributed by atoms with Crippen LogP contribution >= 0.6 is 0 Å². The topological polar surface area (TPSA) is 35.2 Å². The van der Waals surface area contributed by atoms with Crippen molar-refractivity contribution in [3.8, 4) is 5.75 Å². The molecule has 0 saturated carbocycles. The van der Waals surface area contributed by atoms with Gasteiger partial charge in [0.05, 0.1) is 13.2 Å². The van der Waals surface area contributed by atoms with E-state index in [-0.39, 0.29) is 6.04 Å². The first kappa shape index (κ1) is 13.2. The molecule has 0 aliphatic heterocycles. The molecular formula is C18H21NO. The minimum Gasteiger partial charge on any atom is -0.496 e. The third-order valence-corrected chi connectivity index (χ3v) is 4.27. The molecule has 2 aromatic rings. The number of rotatable bonds is 3. The van der Waals surface area contributed by atoms with Gasteiger partial charge in [-0.25, -0.2) is 0 Å². The SMILES string of the molecule is COc1cc(C(N)c2ccc3c(c2)CCC3)ccc1C. The molecule has 104 valence electrons. The molecule has 0 heterocycles. The molecule has 0 spiro atoms. The van der Waals surface area contributed by atoms with Gasteiger partial charge >= 0.3 is 0 Å². The predicted molar refractivity (Wildman–Crippen MR) is 82.2 cm³/mol. The molecule has 2 aromatic carbocycles. The maximum Gasteiger partial charge on any atom is 0.122 e. The van der Waals surface area contributed by atoms with Gasteiger partial charge in [-0.2, -0.15) is 0 Å². The lowest BCUT2D eigenvalue weighted by molar-refractivity contribution is 0.411. The van der Waals surface area contributed by atoms with Crippen molar-refractivity contribution in [1.82, 2.24) is 0 Å². The normalized spacial score (nSPS) is 14.9. The highest BCUT2D eigenvalue weighted by Crippen LogP contribution is 2.29. The van der Waals surface area contributed by atoms with Crippen LogP contribution in [0.5, 0.6) is 5.75 Å². The summed E-state index contributed by atoms with van der Waals surface area (Å²) in [4.78, 5) is 0. The van der Waals surface area contributed by atoms with Crippen LogP contribution in [0.15, 0.2) is 36.4 Å². The van der Waals surface area contributed by atoms with Gasteiger partial charge in [-0.15, -0.1) is 0 Å². The Balaban J connectivity index is 1.94. The minimum atomic E-state index is -0.0876. The lowest BCUT2D eigenvalue weighted by atomic mass is 9.95. The number of methoxy groups -OCH3 is 1. The fourth-order valence-electron chi connectivity index (χ4n) is 3.01. The zero-order valence-corrected chi connectivity index (χ0v) is 12.1. The van der Waals surface area contributed by atoms with Crippen LogP contribution in [-0.4, -0.2) is 7.11 Å². The van der Waals surface area contributed by atoms with E-state index in [4.69, 9.17) is 10.5 Å². The molecule has 20 heavy (non-hydrogen) atoms. The molecular weight excluding hydrogens is 246 g/mol. The maximum atomic E-state index is 6.43. The minimum absolute atomic E-state index is 0.0876. The van der Waals surface area contributed by atoms with Crippen LogP contribution in [0, 0.1) is 6.92 Å². The zero-order chi connectivity index (χ0) is 14.1. The van der Waals surface area contributed by atoms with Gasteiger partial charge in [-0.05, 0) is 60.1 Å². The van der Waals surface area contributed by atoms with Crippen molar-refractivity contribution < 1.29 is 4.74 Å². The van der Waals surface area contributed by atoms with Crippen molar-refractivity contribution in [2.24, 2.45) is 5.73 Å². The van der Waals surface area contributed by atoms with Crippen LogP contribution in [0.4, 0.5) is 0 Å². The van der Waals surface area contributed by atoms with Gasteiger partial charge in [-0.1, -0.05) is 30.3 Å². The Kier molecular flexibility index (Phi) is 3.49. The van der Waals surface area contributed by atoms with E-state index in [1.165, 1.54) is 36.0 Å². The number of fused-ring (bicyclic) bond motifs is 1. The fourth-order valence-corrected chi connectivity index (χ4v) is 3.01. The number of hydrogen-bond acceptors (Lipinski definition) is 2. The summed E-state index contributed by atoms with van der Waals surface area (Å²) in [7, 11) is 1.70. The average Bonchev–Trinajstić information content (AvgIpc) is 2.94. The highest BCUT2D eigenvalue weighted by molar-refractivity contribution is 5.43. The van der Waals surface area contributed by atoms with Crippen molar-refractivity contribution in [3.63, 3.8) is 0 Å². The first-order valence-corrected chi connectivity index (χ1v) is 7.21. The Bertz CT molecular complexity index is 622. The number of aryl methyl sites for hydroxylation is 3. The van der Waals surface area contributed by atoms with Crippen LogP contribution in [0.3, 0.4) is 0 Å². The molecule has 0 amide bonds. The summed E-state index contributed by atoms with van der Waals surface area (Å²) in [6.45, 7) is 2.05. The third-order valence-electron chi connectivity index (χ3n) is 4.27. The summed E-state index contributed by atoms with van der Waals surface area (Å²) in [5.41, 5.74) is 12.8. The van der Waals surface area contributed by atoms with Gasteiger partial charge in [-0.3, -0.25) is 0 Å². The Morgan fingerprint density at radius 3 is 2.50 bits per heavy atom. The molecule has 1 aliphatic rings. The van der Waals surface area contributed by atoms with E-state index in [1.54, 1.807) is 7.11 Å². The molecule has 1 aliphatic carbocycles. The van der Waals surface area contributed by atoms with Crippen molar-refractivity contribution in [2.45, 2.75) is 32.2 Å². The van der Waals surface area contributed by atoms with E-state index in [1.807, 2.05) is 13.0 Å². The molecule has 0 fully saturated rings. The molecule has 2 N–H and O–H groups in total. The van der Waals surface area contributed by atoms with Gasteiger partial charge < -0.3 is 10.5 Å². The smallest absolute Gasteiger partial charge is 0.122 e. The van der Waals surface area contributed by atoms with E-state index in [2.05, 4.69) is 30.3 Å². The summed E-state index contributed by atoms with van der Waals surface area (Å²) >= 11 is 0. The summed E-state index contributed by atoms with van der Waals surface area (Å²) in [6, 6.07) is 12.8. The Morgan fingerprint density at radius 2 is 1.70 bits per heavy atom. The maximum absolute atomic E-state index is 6.43. The summed E-state index contributed by atoms with van der Waals surface area (Å²) in [5.74, 6) is 0.902. The second-order valence-corrected chi connectivity index (χ2v) is 5.59. The number of ether oxygens (including phenoxy) is 1. The van der Waals surface area contributed by atoms with Crippen LogP contribution in [0.25, 0.3) is 0 Å². The molecule has 1 atom stereocenters. The zero-order valence-electron chi connectivity index (χ0n) is 12.1. The van der Waals surface area contributed by atoms with Crippen molar-refractivity contribution >= 4 is 0 Å². The Morgan fingerprint density at radius 1 is 1.00 bits per heavy atom. The van der Waals surface area contributed by atoms with Gasteiger partial charge in [0.15, 0.2) is 0 Å². The highest BCUT2D eigenvalue weighted by Gasteiger charge is 2.15. The second kappa shape index (κ2) is 5.29. The molecule has 1 unspecified atom stereocenters. The standard InChI is InChI=1S/C18H21NO/c1-12-6-7-16(11-17(12)20-2)18(19)15-9-8-13-4-3-5-14(13)10-15/h6-11,18H,3-5,19H2,1-2H3. The average molecular weight is 267 g/mol. The lowest BCUT2D eigenvalue weighted by Gasteiger charge is -2.16. The molecule has 3 rings (SSSR count). The molecule has 0 aromatic heterocycles. The quantitative estimate of drug-likeness (QED) is 0.923. The van der Waals surface area contributed by atoms with Crippen LogP contribution in [-0.2, 0) is 12.8 Å². The third kappa shape index (κ3) is 2.32. The van der Waals surface area contributed by atoms with Crippen LogP contribution in [0.1, 0.15) is 40.3 Å². The van der Waals surface area contributed by atoms with Gasteiger partial charge in [0.25, 0.3) is 0 Å². The van der Waals surface area contributed by atoms with E-state index in [0.717, 1.165) is 16.9 Å². The largest absolute Gasteiger partial charge is 0.496 e. The highest BCUT2D eigenvalue weighted by atomic mass is 16.5. The van der Waals surface area contributed by atoms with Crippen LogP contribution in [0.2, 0.25) is 0 Å². The lowest BCUT2D eigenvalue weighted by Crippen LogP contribution is -2.12. The monoisotopic (exact) mass is 267 g/mol. The molecule has 0 bridgehead atoms. The van der Waals surface area contributed by atoms with E-state index < -0.39 is 0 Å². The van der Waals surface area contributed by atoms with E-state index >= 15 is 0 Å². The summed E-state index contributed by atoms with van der Waals surface area (Å²) < 4.78 is 5.39. The van der Waals surface area contributed by atoms with Gasteiger partial charge in [0.1, 0.15) is 5.75 Å². The van der Waals surface area contributed by atoms with E-state index in [0.29, 0.717) is 0 Å². The van der Waals surface area contributed by atoms with E-state index in [9.17, 15) is 0 Å². The molecule has 2 nitrogen and oxygen atoms in total.